The average Bonchev–Trinajstić information content (AvgIpc) is 2.07. The van der Waals surface area contributed by atoms with Gasteiger partial charge in [0.25, 0.3) is 0 Å². The van der Waals surface area contributed by atoms with E-state index in [9.17, 15) is 0 Å². The van der Waals surface area contributed by atoms with E-state index in [1.54, 1.807) is 0 Å². The Morgan fingerprint density at radius 3 is 2.64 bits per heavy atom. The summed E-state index contributed by atoms with van der Waals surface area (Å²) < 4.78 is 0. The molecule has 0 bridgehead atoms. The Morgan fingerprint density at radius 1 is 1.27 bits per heavy atom. The highest BCUT2D eigenvalue weighted by atomic mass is 16.2. The predicted molar refractivity (Wildman–Crippen MR) is 46.4 cm³/mol. The van der Waals surface area contributed by atoms with E-state index in [0.717, 1.165) is 6.42 Å². The lowest BCUT2D eigenvalue weighted by Gasteiger charge is -2.10. The van der Waals surface area contributed by atoms with Crippen molar-refractivity contribution in [3.63, 3.8) is 0 Å². The van der Waals surface area contributed by atoms with Gasteiger partial charge in [0.2, 0.25) is 0 Å². The van der Waals surface area contributed by atoms with E-state index in [0.29, 0.717) is 0 Å². The third-order valence-corrected chi connectivity index (χ3v) is 2.04. The molecule has 0 heterocycles. The molecule has 0 aromatic carbocycles. The highest BCUT2D eigenvalue weighted by Gasteiger charge is 2.02. The van der Waals surface area contributed by atoms with Crippen LogP contribution in [0.25, 0.3) is 0 Å². The first-order valence-electron chi connectivity index (χ1n) is 4.47. The average molecular weight is 152 g/mol. The molecular formula is C10H16O. The summed E-state index contributed by atoms with van der Waals surface area (Å²) in [5, 5.41) is 8.52. The Labute approximate surface area is 68.4 Å². The van der Waals surface area contributed by atoms with Gasteiger partial charge in [0.15, 0.2) is 0 Å². The Hall–Kier alpha value is -0.520. The van der Waals surface area contributed by atoms with Crippen LogP contribution in [0, 0.1) is 0 Å². The van der Waals surface area contributed by atoms with E-state index in [2.05, 4.69) is 5.73 Å². The maximum absolute atomic E-state index is 8.52. The summed E-state index contributed by atoms with van der Waals surface area (Å²) in [7, 11) is 0. The molecule has 0 aromatic heterocycles. The molecule has 0 unspecified atom stereocenters. The van der Waals surface area contributed by atoms with Crippen LogP contribution >= 0.6 is 0 Å². The van der Waals surface area contributed by atoms with Crippen LogP contribution in [-0.4, -0.2) is 11.7 Å². The molecule has 1 rings (SSSR count). The lowest BCUT2D eigenvalue weighted by Crippen LogP contribution is -1.91. The minimum absolute atomic E-state index is 0.250. The minimum Gasteiger partial charge on any atom is -0.396 e. The largest absolute Gasteiger partial charge is 0.396 e. The van der Waals surface area contributed by atoms with Gasteiger partial charge in [0, 0.05) is 6.61 Å². The molecule has 0 spiro atoms. The van der Waals surface area contributed by atoms with Crippen molar-refractivity contribution >= 4 is 0 Å². The number of aliphatic hydroxyl groups excluding tert-OH is 1. The third-order valence-electron chi connectivity index (χ3n) is 2.04. The molecule has 0 atom stereocenters. The monoisotopic (exact) mass is 152 g/mol. The van der Waals surface area contributed by atoms with Gasteiger partial charge in [-0.05, 0) is 43.8 Å². The van der Waals surface area contributed by atoms with Crippen molar-refractivity contribution in [3.05, 3.63) is 17.4 Å². The summed E-state index contributed by atoms with van der Waals surface area (Å²) in [6.45, 7) is 0.250. The van der Waals surface area contributed by atoms with E-state index < -0.39 is 0 Å². The molecule has 1 aliphatic carbocycles. The fourth-order valence-electron chi connectivity index (χ4n) is 1.40. The summed E-state index contributed by atoms with van der Waals surface area (Å²) in [5.41, 5.74) is 4.70. The molecule has 0 aromatic rings. The van der Waals surface area contributed by atoms with Gasteiger partial charge in [0.05, 0.1) is 0 Å². The quantitative estimate of drug-likeness (QED) is 0.602. The van der Waals surface area contributed by atoms with Gasteiger partial charge in [0.1, 0.15) is 0 Å². The third kappa shape index (κ3) is 3.41. The summed E-state index contributed by atoms with van der Waals surface area (Å²) in [6.07, 6.45) is 9.20. The fourth-order valence-corrected chi connectivity index (χ4v) is 1.40. The maximum atomic E-state index is 8.52. The topological polar surface area (TPSA) is 20.2 Å². The van der Waals surface area contributed by atoms with E-state index in [1.165, 1.54) is 37.7 Å². The first-order valence-corrected chi connectivity index (χ1v) is 4.47. The van der Waals surface area contributed by atoms with Crippen molar-refractivity contribution in [1.29, 1.82) is 0 Å². The van der Waals surface area contributed by atoms with Crippen LogP contribution in [0.4, 0.5) is 0 Å². The second kappa shape index (κ2) is 5.17. The SMILES string of the molecule is OCCC=C=C1CCCCC1. The summed E-state index contributed by atoms with van der Waals surface area (Å²) in [4.78, 5) is 0. The van der Waals surface area contributed by atoms with Crippen molar-refractivity contribution in [2.75, 3.05) is 6.61 Å². The van der Waals surface area contributed by atoms with Crippen molar-refractivity contribution in [2.24, 2.45) is 0 Å². The lowest BCUT2D eigenvalue weighted by atomic mass is 9.96. The molecule has 11 heavy (non-hydrogen) atoms. The summed E-state index contributed by atoms with van der Waals surface area (Å²) in [6, 6.07) is 0. The molecule has 62 valence electrons. The van der Waals surface area contributed by atoms with E-state index in [1.807, 2.05) is 6.08 Å². The molecule has 0 radical (unpaired) electrons. The molecular weight excluding hydrogens is 136 g/mol. The first kappa shape index (κ1) is 8.58. The molecule has 1 N–H and O–H groups in total. The standard InChI is InChI=1S/C10H16O/c11-9-5-4-8-10-6-2-1-3-7-10/h4,11H,1-3,5-7,9H2. The Bertz CT molecular complexity index is 156. The van der Waals surface area contributed by atoms with Gasteiger partial charge < -0.3 is 5.11 Å². The Morgan fingerprint density at radius 2 is 2.00 bits per heavy atom. The van der Waals surface area contributed by atoms with Crippen LogP contribution < -0.4 is 0 Å². The Kier molecular flexibility index (Phi) is 4.03. The number of hydrogen-bond donors (Lipinski definition) is 1. The second-order valence-corrected chi connectivity index (χ2v) is 3.02. The van der Waals surface area contributed by atoms with Gasteiger partial charge in [-0.2, -0.15) is 0 Å². The normalized spacial score (nSPS) is 17.7. The highest BCUT2D eigenvalue weighted by molar-refractivity contribution is 5.03. The fraction of sp³-hybridized carbons (Fsp3) is 0.700. The molecule has 1 aliphatic rings. The zero-order chi connectivity index (χ0) is 7.94. The van der Waals surface area contributed by atoms with Gasteiger partial charge in [-0.25, -0.2) is 0 Å². The second-order valence-electron chi connectivity index (χ2n) is 3.02. The zero-order valence-electron chi connectivity index (χ0n) is 6.97. The minimum atomic E-state index is 0.250. The van der Waals surface area contributed by atoms with Crippen LogP contribution in [0.3, 0.4) is 0 Å². The molecule has 1 heteroatoms. The van der Waals surface area contributed by atoms with E-state index in [4.69, 9.17) is 5.11 Å². The molecule has 0 amide bonds. The van der Waals surface area contributed by atoms with Crippen molar-refractivity contribution in [2.45, 2.75) is 38.5 Å². The van der Waals surface area contributed by atoms with Gasteiger partial charge in [-0.15, -0.1) is 5.73 Å². The first-order chi connectivity index (χ1) is 5.43. The maximum Gasteiger partial charge on any atom is 0.0471 e. The van der Waals surface area contributed by atoms with Crippen LogP contribution in [-0.2, 0) is 0 Å². The van der Waals surface area contributed by atoms with E-state index >= 15 is 0 Å². The predicted octanol–water partition coefficient (Wildman–Crippen LogP) is 2.41. The molecule has 1 saturated carbocycles. The number of aliphatic hydroxyl groups is 1. The van der Waals surface area contributed by atoms with Crippen molar-refractivity contribution in [3.8, 4) is 0 Å². The van der Waals surface area contributed by atoms with Crippen LogP contribution in [0.5, 0.6) is 0 Å². The zero-order valence-corrected chi connectivity index (χ0v) is 6.97. The van der Waals surface area contributed by atoms with Gasteiger partial charge in [-0.1, -0.05) is 6.42 Å². The van der Waals surface area contributed by atoms with Crippen molar-refractivity contribution < 1.29 is 5.11 Å². The van der Waals surface area contributed by atoms with Gasteiger partial charge >= 0.3 is 0 Å². The van der Waals surface area contributed by atoms with Gasteiger partial charge in [-0.3, -0.25) is 0 Å². The molecule has 0 aliphatic heterocycles. The lowest BCUT2D eigenvalue weighted by molar-refractivity contribution is 0.302. The molecule has 0 saturated heterocycles. The smallest absolute Gasteiger partial charge is 0.0471 e. The highest BCUT2D eigenvalue weighted by Crippen LogP contribution is 2.21. The summed E-state index contributed by atoms with van der Waals surface area (Å²) in [5.74, 6) is 0. The van der Waals surface area contributed by atoms with Crippen LogP contribution in [0.2, 0.25) is 0 Å². The molecule has 1 fully saturated rings. The van der Waals surface area contributed by atoms with E-state index in [-0.39, 0.29) is 6.61 Å². The summed E-state index contributed by atoms with van der Waals surface area (Å²) >= 11 is 0. The number of rotatable bonds is 2. The van der Waals surface area contributed by atoms with Crippen LogP contribution in [0.15, 0.2) is 17.4 Å². The van der Waals surface area contributed by atoms with Crippen LogP contribution in [0.1, 0.15) is 38.5 Å². The molecule has 1 nitrogen and oxygen atoms in total. The number of hydrogen-bond acceptors (Lipinski definition) is 1. The Balaban J connectivity index is 2.36. The van der Waals surface area contributed by atoms with Crippen molar-refractivity contribution in [1.82, 2.24) is 0 Å².